The predicted octanol–water partition coefficient (Wildman–Crippen LogP) is 2.50. The Hall–Kier alpha value is -1.06. The number of benzene rings is 1. The van der Waals surface area contributed by atoms with Crippen molar-refractivity contribution in [3.63, 3.8) is 0 Å². The molecule has 0 bridgehead atoms. The molecule has 0 amide bonds. The average molecular weight is 254 g/mol. The quantitative estimate of drug-likeness (QED) is 0.842. The van der Waals surface area contributed by atoms with Gasteiger partial charge in [0, 0.05) is 12.1 Å². The second-order valence-electron chi connectivity index (χ2n) is 4.39. The number of Topliss-reactive ketones (excluding diaryl/α,β-unsaturated/α-hetero) is 1. The van der Waals surface area contributed by atoms with Crippen molar-refractivity contribution in [3.05, 3.63) is 28.8 Å². The van der Waals surface area contributed by atoms with Crippen LogP contribution in [-0.4, -0.2) is 30.1 Å². The Bertz CT molecular complexity index is 433. The van der Waals surface area contributed by atoms with E-state index >= 15 is 0 Å². The minimum atomic E-state index is 0.0126. The van der Waals surface area contributed by atoms with Crippen LogP contribution in [-0.2, 0) is 0 Å². The summed E-state index contributed by atoms with van der Waals surface area (Å²) in [7, 11) is 0. The van der Waals surface area contributed by atoms with Crippen LogP contribution in [0.25, 0.3) is 0 Å². The highest BCUT2D eigenvalue weighted by Crippen LogP contribution is 2.32. The van der Waals surface area contributed by atoms with Crippen molar-refractivity contribution in [2.24, 2.45) is 0 Å². The zero-order valence-electron chi connectivity index (χ0n) is 9.82. The smallest absolute Gasteiger partial charge is 0.159 e. The van der Waals surface area contributed by atoms with Gasteiger partial charge in [-0.25, -0.2) is 0 Å². The average Bonchev–Trinajstić information content (AvgIpc) is 2.76. The van der Waals surface area contributed by atoms with Gasteiger partial charge in [0.2, 0.25) is 0 Å². The van der Waals surface area contributed by atoms with E-state index in [-0.39, 0.29) is 18.4 Å². The number of hydrogen-bond acceptors (Lipinski definition) is 3. The van der Waals surface area contributed by atoms with E-state index in [4.69, 9.17) is 11.6 Å². The van der Waals surface area contributed by atoms with Crippen LogP contribution in [0, 0.1) is 0 Å². The monoisotopic (exact) mass is 253 g/mol. The molecule has 1 aliphatic rings. The molecular formula is C13H16ClNO2. The Kier molecular flexibility index (Phi) is 3.69. The first kappa shape index (κ1) is 12.4. The van der Waals surface area contributed by atoms with Crippen molar-refractivity contribution in [2.45, 2.75) is 25.8 Å². The van der Waals surface area contributed by atoms with Crippen LogP contribution in [0.1, 0.15) is 30.1 Å². The van der Waals surface area contributed by atoms with E-state index in [1.807, 2.05) is 6.07 Å². The number of ketones is 1. The van der Waals surface area contributed by atoms with Crippen LogP contribution in [0.15, 0.2) is 18.2 Å². The van der Waals surface area contributed by atoms with Crippen molar-refractivity contribution in [1.29, 1.82) is 0 Å². The number of aliphatic hydroxyl groups excluding tert-OH is 1. The van der Waals surface area contributed by atoms with Crippen molar-refractivity contribution in [1.82, 2.24) is 0 Å². The molecule has 0 aliphatic carbocycles. The summed E-state index contributed by atoms with van der Waals surface area (Å²) in [6, 6.07) is 5.51. The van der Waals surface area contributed by atoms with Gasteiger partial charge in [-0.05, 0) is 38.0 Å². The molecule has 0 radical (unpaired) electrons. The van der Waals surface area contributed by atoms with Gasteiger partial charge in [0.15, 0.2) is 5.78 Å². The third kappa shape index (κ3) is 2.45. The normalized spacial score (nSPS) is 19.7. The fraction of sp³-hybridized carbons (Fsp3) is 0.462. The first-order valence-corrected chi connectivity index (χ1v) is 6.19. The van der Waals surface area contributed by atoms with Crippen LogP contribution in [0.5, 0.6) is 0 Å². The molecule has 1 heterocycles. The van der Waals surface area contributed by atoms with Crippen LogP contribution < -0.4 is 4.90 Å². The largest absolute Gasteiger partial charge is 0.394 e. The van der Waals surface area contributed by atoms with Gasteiger partial charge in [-0.3, -0.25) is 4.79 Å². The lowest BCUT2D eigenvalue weighted by Gasteiger charge is -2.26. The highest BCUT2D eigenvalue weighted by Gasteiger charge is 2.25. The van der Waals surface area contributed by atoms with E-state index < -0.39 is 0 Å². The SMILES string of the molecule is CC(=O)c1ccc(N2CCCC2CO)c(Cl)c1. The lowest BCUT2D eigenvalue weighted by molar-refractivity contribution is 0.101. The number of halogens is 1. The second kappa shape index (κ2) is 5.07. The minimum Gasteiger partial charge on any atom is -0.394 e. The Morgan fingerprint density at radius 3 is 2.94 bits per heavy atom. The van der Waals surface area contributed by atoms with E-state index in [1.54, 1.807) is 12.1 Å². The lowest BCUT2D eigenvalue weighted by atomic mass is 10.1. The van der Waals surface area contributed by atoms with Crippen LogP contribution in [0.2, 0.25) is 5.02 Å². The molecule has 3 nitrogen and oxygen atoms in total. The fourth-order valence-electron chi connectivity index (χ4n) is 2.30. The molecule has 1 aromatic carbocycles. The van der Waals surface area contributed by atoms with Crippen LogP contribution in [0.3, 0.4) is 0 Å². The van der Waals surface area contributed by atoms with Gasteiger partial charge in [-0.2, -0.15) is 0 Å². The maximum atomic E-state index is 11.2. The molecule has 92 valence electrons. The Morgan fingerprint density at radius 2 is 2.35 bits per heavy atom. The minimum absolute atomic E-state index is 0.0126. The molecule has 1 N–H and O–H groups in total. The molecule has 0 saturated carbocycles. The maximum Gasteiger partial charge on any atom is 0.159 e. The molecule has 0 spiro atoms. The molecule has 1 saturated heterocycles. The molecule has 2 rings (SSSR count). The first-order valence-electron chi connectivity index (χ1n) is 5.81. The summed E-state index contributed by atoms with van der Waals surface area (Å²) in [5.74, 6) is 0.0126. The van der Waals surface area contributed by atoms with Gasteiger partial charge in [-0.1, -0.05) is 11.6 Å². The molecule has 1 aromatic rings. The van der Waals surface area contributed by atoms with Crippen molar-refractivity contribution in [3.8, 4) is 0 Å². The lowest BCUT2D eigenvalue weighted by Crippen LogP contribution is -2.32. The topological polar surface area (TPSA) is 40.5 Å². The fourth-order valence-corrected chi connectivity index (χ4v) is 2.59. The molecule has 0 aromatic heterocycles. The number of hydrogen-bond donors (Lipinski definition) is 1. The Balaban J connectivity index is 2.30. The van der Waals surface area contributed by atoms with Gasteiger partial charge in [0.05, 0.1) is 23.4 Å². The highest BCUT2D eigenvalue weighted by atomic mass is 35.5. The van der Waals surface area contributed by atoms with E-state index in [9.17, 15) is 9.90 Å². The molecule has 17 heavy (non-hydrogen) atoms. The first-order chi connectivity index (χ1) is 8.13. The number of carbonyl (C=O) groups excluding carboxylic acids is 1. The van der Waals surface area contributed by atoms with E-state index in [0.29, 0.717) is 10.6 Å². The summed E-state index contributed by atoms with van der Waals surface area (Å²) in [6.45, 7) is 2.58. The van der Waals surface area contributed by atoms with Gasteiger partial charge in [-0.15, -0.1) is 0 Å². The Labute approximate surface area is 106 Å². The number of nitrogens with zero attached hydrogens (tertiary/aromatic N) is 1. The zero-order chi connectivity index (χ0) is 12.4. The number of anilines is 1. The zero-order valence-corrected chi connectivity index (χ0v) is 10.6. The van der Waals surface area contributed by atoms with E-state index in [2.05, 4.69) is 4.90 Å². The molecule has 1 atom stereocenters. The number of rotatable bonds is 3. The molecule has 1 aliphatic heterocycles. The van der Waals surface area contributed by atoms with Gasteiger partial charge >= 0.3 is 0 Å². The van der Waals surface area contributed by atoms with Crippen LogP contribution in [0.4, 0.5) is 5.69 Å². The highest BCUT2D eigenvalue weighted by molar-refractivity contribution is 6.33. The molecule has 4 heteroatoms. The van der Waals surface area contributed by atoms with Crippen LogP contribution >= 0.6 is 11.6 Å². The van der Waals surface area contributed by atoms with Crippen molar-refractivity contribution < 1.29 is 9.90 Å². The second-order valence-corrected chi connectivity index (χ2v) is 4.80. The molecule has 1 fully saturated rings. The van der Waals surface area contributed by atoms with E-state index in [1.165, 1.54) is 6.92 Å². The van der Waals surface area contributed by atoms with E-state index in [0.717, 1.165) is 25.1 Å². The maximum absolute atomic E-state index is 11.2. The summed E-state index contributed by atoms with van der Waals surface area (Å²) in [4.78, 5) is 13.4. The molecule has 1 unspecified atom stereocenters. The molecular weight excluding hydrogens is 238 g/mol. The summed E-state index contributed by atoms with van der Waals surface area (Å²) < 4.78 is 0. The number of carbonyl (C=O) groups is 1. The Morgan fingerprint density at radius 1 is 1.59 bits per heavy atom. The van der Waals surface area contributed by atoms with Crippen molar-refractivity contribution >= 4 is 23.1 Å². The van der Waals surface area contributed by atoms with Gasteiger partial charge in [0.1, 0.15) is 0 Å². The standard InChI is InChI=1S/C13H16ClNO2/c1-9(17)10-4-5-13(12(14)7-10)15-6-2-3-11(15)8-16/h4-5,7,11,16H,2-3,6,8H2,1H3. The summed E-state index contributed by atoms with van der Waals surface area (Å²) in [5.41, 5.74) is 1.53. The van der Waals surface area contributed by atoms with Gasteiger partial charge < -0.3 is 10.0 Å². The van der Waals surface area contributed by atoms with Gasteiger partial charge in [0.25, 0.3) is 0 Å². The summed E-state index contributed by atoms with van der Waals surface area (Å²) >= 11 is 6.20. The predicted molar refractivity (Wildman–Crippen MR) is 68.9 cm³/mol. The number of aliphatic hydroxyl groups is 1. The van der Waals surface area contributed by atoms with Crippen molar-refractivity contribution in [2.75, 3.05) is 18.1 Å². The summed E-state index contributed by atoms with van der Waals surface area (Å²) in [5, 5.41) is 9.87. The summed E-state index contributed by atoms with van der Waals surface area (Å²) in [6.07, 6.45) is 2.05. The third-order valence-corrected chi connectivity index (χ3v) is 3.55. The third-order valence-electron chi connectivity index (χ3n) is 3.25.